The number of hydrogen-bond donors (Lipinski definition) is 2. The van der Waals surface area contributed by atoms with Gasteiger partial charge in [0.05, 0.1) is 17.4 Å². The van der Waals surface area contributed by atoms with Gasteiger partial charge < -0.3 is 15.4 Å². The van der Waals surface area contributed by atoms with Crippen molar-refractivity contribution in [2.45, 2.75) is 61.3 Å². The zero-order valence-corrected chi connectivity index (χ0v) is 14.9. The van der Waals surface area contributed by atoms with Gasteiger partial charge in [-0.25, -0.2) is 0 Å². The van der Waals surface area contributed by atoms with E-state index in [9.17, 15) is 14.4 Å². The summed E-state index contributed by atoms with van der Waals surface area (Å²) >= 11 is 1.34. The maximum atomic E-state index is 12.1. The molecule has 6 nitrogen and oxygen atoms in total. The Bertz CT molecular complexity index is 673. The molecule has 0 saturated heterocycles. The van der Waals surface area contributed by atoms with Crippen LogP contribution in [0.4, 0.5) is 5.69 Å². The van der Waals surface area contributed by atoms with E-state index in [1.165, 1.54) is 11.8 Å². The fraction of sp³-hybridized carbons (Fsp3) is 0.500. The third-order valence-corrected chi connectivity index (χ3v) is 5.71. The summed E-state index contributed by atoms with van der Waals surface area (Å²) in [6.07, 6.45) is 3.28. The summed E-state index contributed by atoms with van der Waals surface area (Å²) in [4.78, 5) is 37.3. The highest BCUT2D eigenvalue weighted by Crippen LogP contribution is 2.36. The van der Waals surface area contributed by atoms with Crippen LogP contribution < -0.4 is 10.6 Å². The molecule has 2 aliphatic rings. The normalized spacial score (nSPS) is 21.2. The largest absolute Gasteiger partial charge is 0.453 e. The number of fused-ring (bicyclic) bond motifs is 1. The van der Waals surface area contributed by atoms with Gasteiger partial charge in [-0.15, -0.1) is 11.8 Å². The summed E-state index contributed by atoms with van der Waals surface area (Å²) in [5.41, 5.74) is 0.756. The second-order valence-electron chi connectivity index (χ2n) is 6.42. The number of nitrogens with one attached hydrogen (secondary N) is 2. The molecule has 0 aromatic heterocycles. The molecule has 25 heavy (non-hydrogen) atoms. The summed E-state index contributed by atoms with van der Waals surface area (Å²) in [5.74, 6) is -1.03. The number of benzene rings is 1. The van der Waals surface area contributed by atoms with Crippen molar-refractivity contribution in [3.8, 4) is 0 Å². The van der Waals surface area contributed by atoms with Crippen LogP contribution in [0.1, 0.15) is 39.0 Å². The Balaban J connectivity index is 1.50. The number of thioether (sulfide) groups is 1. The molecule has 1 aromatic rings. The summed E-state index contributed by atoms with van der Waals surface area (Å²) in [6, 6.07) is 7.64. The van der Waals surface area contributed by atoms with Gasteiger partial charge in [0.1, 0.15) is 0 Å². The average molecular weight is 362 g/mol. The monoisotopic (exact) mass is 362 g/mol. The Hall–Kier alpha value is -2.02. The van der Waals surface area contributed by atoms with Gasteiger partial charge in [-0.3, -0.25) is 14.4 Å². The van der Waals surface area contributed by atoms with E-state index in [0.717, 1.165) is 36.3 Å². The summed E-state index contributed by atoms with van der Waals surface area (Å²) in [5, 5.41) is 5.15. The number of para-hydroxylation sites is 1. The van der Waals surface area contributed by atoms with Crippen LogP contribution >= 0.6 is 11.8 Å². The Morgan fingerprint density at radius 3 is 2.80 bits per heavy atom. The van der Waals surface area contributed by atoms with Crippen LogP contribution in [0.3, 0.4) is 0 Å². The van der Waals surface area contributed by atoms with Crippen LogP contribution in [-0.2, 0) is 19.1 Å². The first kappa shape index (κ1) is 17.8. The zero-order valence-electron chi connectivity index (χ0n) is 14.1. The summed E-state index contributed by atoms with van der Waals surface area (Å²) in [6.45, 7) is 1.56. The number of hydrogen-bond acceptors (Lipinski definition) is 5. The number of ether oxygens (including phenoxy) is 1. The van der Waals surface area contributed by atoms with Gasteiger partial charge in [0.2, 0.25) is 5.91 Å². The minimum Gasteiger partial charge on any atom is -0.453 e. The van der Waals surface area contributed by atoms with Gasteiger partial charge >= 0.3 is 5.97 Å². The van der Waals surface area contributed by atoms with Crippen molar-refractivity contribution in [3.05, 3.63) is 24.3 Å². The molecule has 0 radical (unpaired) electrons. The van der Waals surface area contributed by atoms with E-state index in [4.69, 9.17) is 4.74 Å². The van der Waals surface area contributed by atoms with E-state index in [2.05, 4.69) is 10.6 Å². The van der Waals surface area contributed by atoms with Crippen molar-refractivity contribution in [1.82, 2.24) is 5.32 Å². The Kier molecular flexibility index (Phi) is 5.63. The highest BCUT2D eigenvalue weighted by molar-refractivity contribution is 8.01. The van der Waals surface area contributed by atoms with Crippen molar-refractivity contribution in [2.75, 3.05) is 5.32 Å². The minimum absolute atomic E-state index is 0.0636. The Morgan fingerprint density at radius 1 is 1.32 bits per heavy atom. The number of carbonyl (C=O) groups excluding carboxylic acids is 3. The van der Waals surface area contributed by atoms with E-state index in [0.29, 0.717) is 0 Å². The lowest BCUT2D eigenvalue weighted by atomic mass is 10.2. The van der Waals surface area contributed by atoms with Crippen LogP contribution in [0.5, 0.6) is 0 Å². The Labute approximate surface area is 151 Å². The summed E-state index contributed by atoms with van der Waals surface area (Å²) < 4.78 is 5.22. The van der Waals surface area contributed by atoms with Crippen LogP contribution in [0.25, 0.3) is 0 Å². The molecule has 0 unspecified atom stereocenters. The van der Waals surface area contributed by atoms with Crippen LogP contribution in [0.2, 0.25) is 0 Å². The molecule has 7 heteroatoms. The smallest absolute Gasteiger partial charge is 0.308 e. The SMILES string of the molecule is C[C@@H](OC(=O)C[C@@H]1Sc2ccccc2NC1=O)C(=O)NC1CCCC1. The average Bonchev–Trinajstić information content (AvgIpc) is 3.08. The van der Waals surface area contributed by atoms with Gasteiger partial charge in [0, 0.05) is 10.9 Å². The number of carbonyl (C=O) groups is 3. The molecule has 3 rings (SSSR count). The molecule has 2 atom stereocenters. The highest BCUT2D eigenvalue weighted by atomic mass is 32.2. The first-order chi connectivity index (χ1) is 12.0. The van der Waals surface area contributed by atoms with Crippen LogP contribution in [0, 0.1) is 0 Å². The van der Waals surface area contributed by atoms with E-state index in [-0.39, 0.29) is 24.3 Å². The number of amides is 2. The maximum absolute atomic E-state index is 12.1. The molecule has 2 N–H and O–H groups in total. The molecule has 1 fully saturated rings. The predicted octanol–water partition coefficient (Wildman–Crippen LogP) is 2.48. The maximum Gasteiger partial charge on any atom is 0.308 e. The molecule has 1 aliphatic heterocycles. The molecular formula is C18H22N2O4S. The lowest BCUT2D eigenvalue weighted by molar-refractivity contribution is -0.155. The molecular weight excluding hydrogens is 340 g/mol. The second kappa shape index (κ2) is 7.91. The number of anilines is 1. The first-order valence-electron chi connectivity index (χ1n) is 8.59. The molecule has 1 aliphatic carbocycles. The molecule has 1 saturated carbocycles. The van der Waals surface area contributed by atoms with E-state index >= 15 is 0 Å². The van der Waals surface area contributed by atoms with Crippen molar-refractivity contribution < 1.29 is 19.1 Å². The third-order valence-electron chi connectivity index (χ3n) is 4.44. The number of esters is 1. The fourth-order valence-corrected chi connectivity index (χ4v) is 4.16. The van der Waals surface area contributed by atoms with Crippen LogP contribution in [-0.4, -0.2) is 35.2 Å². The van der Waals surface area contributed by atoms with Crippen molar-refractivity contribution >= 4 is 35.2 Å². The van der Waals surface area contributed by atoms with Gasteiger partial charge in [-0.2, -0.15) is 0 Å². The van der Waals surface area contributed by atoms with Gasteiger partial charge in [0.25, 0.3) is 5.91 Å². The standard InChI is InChI=1S/C18H22N2O4S/c1-11(17(22)19-12-6-2-3-7-12)24-16(21)10-15-18(23)20-13-8-4-5-9-14(13)25-15/h4-5,8-9,11-12,15H,2-3,6-7,10H2,1H3,(H,19,22)(H,20,23)/t11-,15+/m1/s1. The molecule has 0 bridgehead atoms. The number of rotatable bonds is 5. The molecule has 1 aromatic carbocycles. The highest BCUT2D eigenvalue weighted by Gasteiger charge is 2.31. The van der Waals surface area contributed by atoms with Crippen molar-refractivity contribution in [3.63, 3.8) is 0 Å². The topological polar surface area (TPSA) is 84.5 Å². The first-order valence-corrected chi connectivity index (χ1v) is 9.47. The lowest BCUT2D eigenvalue weighted by Gasteiger charge is -2.24. The zero-order chi connectivity index (χ0) is 17.8. The second-order valence-corrected chi connectivity index (χ2v) is 7.66. The van der Waals surface area contributed by atoms with Gasteiger partial charge in [-0.1, -0.05) is 25.0 Å². The van der Waals surface area contributed by atoms with E-state index in [1.807, 2.05) is 24.3 Å². The molecule has 1 heterocycles. The van der Waals surface area contributed by atoms with Crippen molar-refractivity contribution in [2.24, 2.45) is 0 Å². The van der Waals surface area contributed by atoms with Crippen LogP contribution in [0.15, 0.2) is 29.2 Å². The molecule has 134 valence electrons. The van der Waals surface area contributed by atoms with E-state index in [1.54, 1.807) is 6.92 Å². The molecule has 2 amide bonds. The predicted molar refractivity (Wildman–Crippen MR) is 95.3 cm³/mol. The van der Waals surface area contributed by atoms with Gasteiger partial charge in [-0.05, 0) is 31.9 Å². The van der Waals surface area contributed by atoms with Crippen molar-refractivity contribution in [1.29, 1.82) is 0 Å². The van der Waals surface area contributed by atoms with Gasteiger partial charge in [0.15, 0.2) is 6.10 Å². The lowest BCUT2D eigenvalue weighted by Crippen LogP contribution is -2.41. The quantitative estimate of drug-likeness (QED) is 0.786. The van der Waals surface area contributed by atoms with E-state index < -0.39 is 17.3 Å². The fourth-order valence-electron chi connectivity index (χ4n) is 3.07. The molecule has 0 spiro atoms. The Morgan fingerprint density at radius 2 is 2.04 bits per heavy atom. The third kappa shape index (κ3) is 4.54. The summed E-state index contributed by atoms with van der Waals surface area (Å²) in [7, 11) is 0. The minimum atomic E-state index is -0.850.